The van der Waals surface area contributed by atoms with Crippen LogP contribution in [0.25, 0.3) is 5.57 Å². The van der Waals surface area contributed by atoms with Crippen LogP contribution in [0.5, 0.6) is 5.88 Å². The Morgan fingerprint density at radius 2 is 1.80 bits per heavy atom. The number of unbranched alkanes of at least 4 members (excludes halogenated alkanes) is 1. The van der Waals surface area contributed by atoms with E-state index in [1.165, 1.54) is 6.20 Å². The van der Waals surface area contributed by atoms with Crippen molar-refractivity contribution in [1.82, 2.24) is 9.78 Å². The summed E-state index contributed by atoms with van der Waals surface area (Å²) in [6, 6.07) is 3.47. The van der Waals surface area contributed by atoms with Crippen molar-refractivity contribution >= 4 is 28.9 Å². The molecule has 0 radical (unpaired) electrons. The van der Waals surface area contributed by atoms with Gasteiger partial charge in [-0.25, -0.2) is 4.68 Å². The highest BCUT2D eigenvalue weighted by Gasteiger charge is 2.25. The number of carbonyl (C=O) groups is 2. The summed E-state index contributed by atoms with van der Waals surface area (Å²) >= 11 is 6.46. The molecule has 0 saturated heterocycles. The van der Waals surface area contributed by atoms with Crippen LogP contribution >= 0.6 is 11.6 Å². The Hall–Kier alpha value is -2.40. The number of ketones is 1. The van der Waals surface area contributed by atoms with Crippen molar-refractivity contribution in [2.24, 2.45) is 0 Å². The average Bonchev–Trinajstić information content (AvgIpc) is 3.08. The number of nitrogens with zero attached hydrogens (tertiary/aromatic N) is 2. The van der Waals surface area contributed by atoms with Gasteiger partial charge in [0, 0.05) is 23.6 Å². The molecule has 0 aliphatic rings. The molecule has 6 heteroatoms. The normalized spacial score (nSPS) is 10.8. The SMILES string of the molecule is CCCCn1ncc(C(=O)c2ccc(Cl)c(C(C)=C(C)C)c2C)c1OC(=O)CCC. The van der Waals surface area contributed by atoms with Gasteiger partial charge in [-0.2, -0.15) is 5.10 Å². The molecule has 5 nitrogen and oxygen atoms in total. The minimum absolute atomic E-state index is 0.224. The molecule has 0 bridgehead atoms. The lowest BCUT2D eigenvalue weighted by molar-refractivity contribution is -0.134. The molecule has 0 aliphatic heterocycles. The molecule has 0 spiro atoms. The number of hydrogen-bond donors (Lipinski definition) is 0. The van der Waals surface area contributed by atoms with E-state index >= 15 is 0 Å². The Balaban J connectivity index is 2.55. The fourth-order valence-corrected chi connectivity index (χ4v) is 3.59. The lowest BCUT2D eigenvalue weighted by atomic mass is 9.92. The summed E-state index contributed by atoms with van der Waals surface area (Å²) in [6.45, 7) is 12.5. The fourth-order valence-electron chi connectivity index (χ4n) is 3.25. The summed E-state index contributed by atoms with van der Waals surface area (Å²) in [4.78, 5) is 25.6. The first-order valence-electron chi connectivity index (χ1n) is 10.5. The smallest absolute Gasteiger partial charge is 0.312 e. The molecule has 1 aromatic carbocycles. The van der Waals surface area contributed by atoms with E-state index in [4.69, 9.17) is 16.3 Å². The quantitative estimate of drug-likeness (QED) is 0.341. The van der Waals surface area contributed by atoms with Gasteiger partial charge in [-0.3, -0.25) is 9.59 Å². The van der Waals surface area contributed by atoms with Gasteiger partial charge in [0.15, 0.2) is 5.78 Å². The second-order valence-corrected chi connectivity index (χ2v) is 8.12. The standard InChI is InChI=1S/C24H31ClN2O3/c1-7-9-13-27-24(30-21(28)10-8-2)19(14-26-27)23(29)18-11-12-20(25)22(17(18)6)16(5)15(3)4/h11-12,14H,7-10,13H2,1-6H3. The predicted molar refractivity (Wildman–Crippen MR) is 121 cm³/mol. The number of ether oxygens (including phenoxy) is 1. The van der Waals surface area contributed by atoms with E-state index in [2.05, 4.69) is 12.0 Å². The van der Waals surface area contributed by atoms with Gasteiger partial charge in [0.05, 0.1) is 6.20 Å². The molecule has 1 aromatic heterocycles. The zero-order valence-corrected chi connectivity index (χ0v) is 19.5. The Morgan fingerprint density at radius 1 is 1.10 bits per heavy atom. The first-order valence-corrected chi connectivity index (χ1v) is 10.8. The molecule has 0 aliphatic carbocycles. The molecular weight excluding hydrogens is 400 g/mol. The maximum atomic E-state index is 13.5. The van der Waals surface area contributed by atoms with Crippen molar-refractivity contribution in [2.45, 2.75) is 73.8 Å². The molecule has 1 heterocycles. The van der Waals surface area contributed by atoms with Crippen LogP contribution in [0.3, 0.4) is 0 Å². The van der Waals surface area contributed by atoms with Gasteiger partial charge in [0.2, 0.25) is 5.88 Å². The molecule has 162 valence electrons. The van der Waals surface area contributed by atoms with Crippen LogP contribution in [0.15, 0.2) is 23.9 Å². The highest BCUT2D eigenvalue weighted by molar-refractivity contribution is 6.32. The summed E-state index contributed by atoms with van der Waals surface area (Å²) in [5.74, 6) is -0.366. The maximum absolute atomic E-state index is 13.5. The van der Waals surface area contributed by atoms with Crippen molar-refractivity contribution in [1.29, 1.82) is 0 Å². The van der Waals surface area contributed by atoms with Gasteiger partial charge < -0.3 is 4.74 Å². The number of halogens is 1. The Labute approximate surface area is 184 Å². The van der Waals surface area contributed by atoms with Crippen molar-refractivity contribution in [3.63, 3.8) is 0 Å². The number of esters is 1. The number of hydrogen-bond acceptors (Lipinski definition) is 4. The molecule has 2 aromatic rings. The van der Waals surface area contributed by atoms with Crippen LogP contribution in [0.1, 0.15) is 87.4 Å². The topological polar surface area (TPSA) is 61.2 Å². The third-order valence-corrected chi connectivity index (χ3v) is 5.52. The second kappa shape index (κ2) is 10.6. The van der Waals surface area contributed by atoms with E-state index in [1.807, 2.05) is 34.6 Å². The Morgan fingerprint density at radius 3 is 2.40 bits per heavy atom. The molecule has 2 rings (SSSR count). The van der Waals surface area contributed by atoms with Crippen molar-refractivity contribution < 1.29 is 14.3 Å². The molecule has 30 heavy (non-hydrogen) atoms. The monoisotopic (exact) mass is 430 g/mol. The highest BCUT2D eigenvalue weighted by Crippen LogP contribution is 2.33. The van der Waals surface area contributed by atoms with Crippen molar-refractivity contribution in [2.75, 3.05) is 0 Å². The highest BCUT2D eigenvalue weighted by atomic mass is 35.5. The van der Waals surface area contributed by atoms with Gasteiger partial charge in [0.1, 0.15) is 5.56 Å². The van der Waals surface area contributed by atoms with Gasteiger partial charge in [-0.1, -0.05) is 37.4 Å². The van der Waals surface area contributed by atoms with Crippen LogP contribution in [-0.2, 0) is 11.3 Å². The zero-order valence-electron chi connectivity index (χ0n) is 18.8. The van der Waals surface area contributed by atoms with Gasteiger partial charge >= 0.3 is 5.97 Å². The minimum Gasteiger partial charge on any atom is -0.407 e. The maximum Gasteiger partial charge on any atom is 0.312 e. The summed E-state index contributed by atoms with van der Waals surface area (Å²) in [7, 11) is 0. The Kier molecular flexibility index (Phi) is 8.42. The van der Waals surface area contributed by atoms with E-state index < -0.39 is 0 Å². The molecule has 0 N–H and O–H groups in total. The lowest BCUT2D eigenvalue weighted by Crippen LogP contribution is -2.15. The van der Waals surface area contributed by atoms with E-state index in [-0.39, 0.29) is 24.1 Å². The number of rotatable bonds is 9. The molecule has 0 saturated carbocycles. The average molecular weight is 431 g/mol. The molecule has 0 atom stereocenters. The zero-order chi connectivity index (χ0) is 22.4. The Bertz CT molecular complexity index is 969. The van der Waals surface area contributed by atoms with Crippen LogP contribution in [0.2, 0.25) is 5.02 Å². The van der Waals surface area contributed by atoms with Crippen molar-refractivity contribution in [3.05, 3.63) is 51.2 Å². The first-order chi connectivity index (χ1) is 14.2. The first kappa shape index (κ1) is 23.9. The van der Waals surface area contributed by atoms with Gasteiger partial charge in [-0.05, 0) is 69.4 Å². The van der Waals surface area contributed by atoms with E-state index in [1.54, 1.807) is 16.8 Å². The third kappa shape index (κ3) is 5.20. The van der Waals surface area contributed by atoms with Crippen molar-refractivity contribution in [3.8, 4) is 5.88 Å². The summed E-state index contributed by atoms with van der Waals surface area (Å²) in [6.07, 6.45) is 4.29. The number of benzene rings is 1. The van der Waals surface area contributed by atoms with Crippen LogP contribution < -0.4 is 4.74 Å². The van der Waals surface area contributed by atoms with E-state index in [9.17, 15) is 9.59 Å². The second-order valence-electron chi connectivity index (χ2n) is 7.71. The number of aryl methyl sites for hydroxylation is 1. The van der Waals surface area contributed by atoms with Gasteiger partial charge in [0.25, 0.3) is 0 Å². The largest absolute Gasteiger partial charge is 0.407 e. The van der Waals surface area contributed by atoms with E-state index in [0.717, 1.165) is 35.1 Å². The third-order valence-electron chi connectivity index (χ3n) is 5.21. The number of carbonyl (C=O) groups excluding carboxylic acids is 2. The number of aromatic nitrogens is 2. The van der Waals surface area contributed by atoms with Crippen LogP contribution in [-0.4, -0.2) is 21.5 Å². The van der Waals surface area contributed by atoms with Crippen LogP contribution in [0, 0.1) is 6.92 Å². The summed E-state index contributed by atoms with van der Waals surface area (Å²) in [5.41, 5.74) is 4.66. The fraction of sp³-hybridized carbons (Fsp3) is 0.458. The number of allylic oxidation sites excluding steroid dienone is 2. The molecular formula is C24H31ClN2O3. The van der Waals surface area contributed by atoms with E-state index in [0.29, 0.717) is 29.1 Å². The summed E-state index contributed by atoms with van der Waals surface area (Å²) in [5, 5.41) is 4.94. The minimum atomic E-state index is -0.362. The lowest BCUT2D eigenvalue weighted by Gasteiger charge is -2.15. The summed E-state index contributed by atoms with van der Waals surface area (Å²) < 4.78 is 7.19. The molecule has 0 amide bonds. The van der Waals surface area contributed by atoms with Crippen LogP contribution in [0.4, 0.5) is 0 Å². The predicted octanol–water partition coefficient (Wildman–Crippen LogP) is 6.39. The molecule has 0 fully saturated rings. The van der Waals surface area contributed by atoms with Gasteiger partial charge in [-0.15, -0.1) is 0 Å². The molecule has 0 unspecified atom stereocenters.